The number of hydrogen-bond acceptors (Lipinski definition) is 5. The fourth-order valence-electron chi connectivity index (χ4n) is 2.89. The highest BCUT2D eigenvalue weighted by Crippen LogP contribution is 2.44. The summed E-state index contributed by atoms with van der Waals surface area (Å²) in [6, 6.07) is 9.40. The van der Waals surface area contributed by atoms with Gasteiger partial charge < -0.3 is 15.2 Å². The number of pyridine rings is 1. The Balaban J connectivity index is 1.58. The predicted molar refractivity (Wildman–Crippen MR) is 93.2 cm³/mol. The number of nitrogens with one attached hydrogen (secondary N) is 2. The van der Waals surface area contributed by atoms with Crippen molar-refractivity contribution in [1.82, 2.24) is 20.4 Å². The number of carbonyl (C=O) groups is 1. The first-order valence-electron chi connectivity index (χ1n) is 8.38. The molecule has 0 radical (unpaired) electrons. The van der Waals surface area contributed by atoms with Crippen LogP contribution in [0.1, 0.15) is 37.2 Å². The maximum Gasteiger partial charge on any atom is 0.320 e. The lowest BCUT2D eigenvalue weighted by molar-refractivity contribution is 0.241. The third kappa shape index (κ3) is 2.93. The molecule has 7 heteroatoms. The van der Waals surface area contributed by atoms with Crippen LogP contribution in [0.2, 0.25) is 0 Å². The minimum atomic E-state index is -0.540. The van der Waals surface area contributed by atoms with Crippen LogP contribution in [-0.2, 0) is 12.0 Å². The summed E-state index contributed by atoms with van der Waals surface area (Å²) in [6.07, 6.45) is 2.38. The van der Waals surface area contributed by atoms with E-state index in [1.807, 2.05) is 37.3 Å². The standard InChI is InChI=1S/C18H19N5O2/c1-3-12-10-15(13-6-4-5-7-14(13)20-12)21-17(24)22-18(8-9-18)16-19-11(2)23-25-16/h4-7,10H,3,8-9H2,1-2H3,(H2,20,21,22,24). The normalized spacial score (nSPS) is 15.1. The molecule has 0 bridgehead atoms. The molecule has 128 valence electrons. The fraction of sp³-hybridized carbons (Fsp3) is 0.333. The Morgan fingerprint density at radius 2 is 2.08 bits per heavy atom. The Morgan fingerprint density at radius 3 is 2.76 bits per heavy atom. The molecular weight excluding hydrogens is 318 g/mol. The number of urea groups is 1. The van der Waals surface area contributed by atoms with E-state index >= 15 is 0 Å². The van der Waals surface area contributed by atoms with Crippen LogP contribution < -0.4 is 10.6 Å². The molecule has 0 atom stereocenters. The van der Waals surface area contributed by atoms with E-state index in [0.29, 0.717) is 11.7 Å². The summed E-state index contributed by atoms with van der Waals surface area (Å²) in [6.45, 7) is 3.80. The van der Waals surface area contributed by atoms with Crippen molar-refractivity contribution in [2.75, 3.05) is 5.32 Å². The smallest absolute Gasteiger partial charge is 0.320 e. The third-order valence-electron chi connectivity index (χ3n) is 4.42. The van der Waals surface area contributed by atoms with Crippen LogP contribution in [0.3, 0.4) is 0 Å². The summed E-state index contributed by atoms with van der Waals surface area (Å²) in [5, 5.41) is 10.7. The number of carbonyl (C=O) groups excluding carboxylic acids is 1. The molecule has 1 fully saturated rings. The quantitative estimate of drug-likeness (QED) is 0.762. The van der Waals surface area contributed by atoms with Crippen LogP contribution in [-0.4, -0.2) is 21.2 Å². The van der Waals surface area contributed by atoms with Gasteiger partial charge in [0, 0.05) is 11.1 Å². The summed E-state index contributed by atoms with van der Waals surface area (Å²) in [5.74, 6) is 1.03. The van der Waals surface area contributed by atoms with Gasteiger partial charge in [-0.2, -0.15) is 4.98 Å². The van der Waals surface area contributed by atoms with E-state index in [1.165, 1.54) is 0 Å². The van der Waals surface area contributed by atoms with Crippen molar-refractivity contribution in [1.29, 1.82) is 0 Å². The molecule has 0 aliphatic heterocycles. The zero-order chi connectivity index (χ0) is 17.4. The maximum absolute atomic E-state index is 12.6. The van der Waals surface area contributed by atoms with E-state index in [1.54, 1.807) is 6.92 Å². The number of benzene rings is 1. The average Bonchev–Trinajstić information content (AvgIpc) is 3.25. The third-order valence-corrected chi connectivity index (χ3v) is 4.42. The van der Waals surface area contributed by atoms with Crippen LogP contribution in [0.4, 0.5) is 10.5 Å². The van der Waals surface area contributed by atoms with Crippen molar-refractivity contribution in [3.8, 4) is 0 Å². The highest BCUT2D eigenvalue weighted by molar-refractivity contribution is 6.00. The average molecular weight is 337 g/mol. The number of rotatable bonds is 4. The van der Waals surface area contributed by atoms with E-state index < -0.39 is 5.54 Å². The number of hydrogen-bond donors (Lipinski definition) is 2. The lowest BCUT2D eigenvalue weighted by Crippen LogP contribution is -2.38. The molecule has 2 N–H and O–H groups in total. The monoisotopic (exact) mass is 337 g/mol. The molecule has 0 unspecified atom stereocenters. The Morgan fingerprint density at radius 1 is 1.28 bits per heavy atom. The fourth-order valence-corrected chi connectivity index (χ4v) is 2.89. The topological polar surface area (TPSA) is 92.9 Å². The first kappa shape index (κ1) is 15.6. The summed E-state index contributed by atoms with van der Waals surface area (Å²) >= 11 is 0. The number of anilines is 1. The Kier molecular flexibility index (Phi) is 3.63. The van der Waals surface area contributed by atoms with E-state index in [9.17, 15) is 4.79 Å². The summed E-state index contributed by atoms with van der Waals surface area (Å²) in [4.78, 5) is 21.4. The number of fused-ring (bicyclic) bond motifs is 1. The zero-order valence-corrected chi connectivity index (χ0v) is 14.2. The van der Waals surface area contributed by atoms with Gasteiger partial charge in [0.2, 0.25) is 0 Å². The second kappa shape index (κ2) is 5.84. The highest BCUT2D eigenvalue weighted by atomic mass is 16.5. The number of amides is 2. The van der Waals surface area contributed by atoms with E-state index in [4.69, 9.17) is 4.52 Å². The molecule has 1 aliphatic carbocycles. The van der Waals surface area contributed by atoms with Crippen LogP contribution >= 0.6 is 0 Å². The van der Waals surface area contributed by atoms with Crippen molar-refractivity contribution in [3.63, 3.8) is 0 Å². The largest absolute Gasteiger partial charge is 0.337 e. The zero-order valence-electron chi connectivity index (χ0n) is 14.2. The van der Waals surface area contributed by atoms with Crippen LogP contribution in [0.5, 0.6) is 0 Å². The summed E-state index contributed by atoms with van der Waals surface area (Å²) in [7, 11) is 0. The van der Waals surface area contributed by atoms with Gasteiger partial charge in [0.1, 0.15) is 5.54 Å². The van der Waals surface area contributed by atoms with Gasteiger partial charge in [-0.1, -0.05) is 30.3 Å². The van der Waals surface area contributed by atoms with Crippen molar-refractivity contribution in [2.45, 2.75) is 38.6 Å². The number of aromatic nitrogens is 3. The Bertz CT molecular complexity index is 946. The molecule has 2 heterocycles. The van der Waals surface area contributed by atoms with Crippen LogP contribution in [0.25, 0.3) is 10.9 Å². The minimum Gasteiger partial charge on any atom is -0.337 e. The molecule has 1 saturated carbocycles. The Hall–Kier alpha value is -2.96. The van der Waals surface area contributed by atoms with Gasteiger partial charge in [-0.15, -0.1) is 0 Å². The molecule has 3 aromatic rings. The van der Waals surface area contributed by atoms with E-state index in [-0.39, 0.29) is 6.03 Å². The second-order valence-electron chi connectivity index (χ2n) is 6.34. The molecule has 2 amide bonds. The molecular formula is C18H19N5O2. The van der Waals surface area contributed by atoms with Gasteiger partial charge in [-0.25, -0.2) is 4.79 Å². The first-order valence-corrected chi connectivity index (χ1v) is 8.38. The molecule has 4 rings (SSSR count). The maximum atomic E-state index is 12.6. The molecule has 0 spiro atoms. The SMILES string of the molecule is CCc1cc(NC(=O)NC2(c3nc(C)no3)CC2)c2ccccc2n1. The predicted octanol–water partition coefficient (Wildman–Crippen LogP) is 3.30. The number of nitrogens with zero attached hydrogens (tertiary/aromatic N) is 3. The van der Waals surface area contributed by atoms with Crippen LogP contribution in [0, 0.1) is 6.92 Å². The Labute approximate surface area is 144 Å². The lowest BCUT2D eigenvalue weighted by atomic mass is 10.1. The van der Waals surface area contributed by atoms with Gasteiger partial charge in [0.25, 0.3) is 5.89 Å². The number of para-hydroxylation sites is 1. The second-order valence-corrected chi connectivity index (χ2v) is 6.34. The molecule has 25 heavy (non-hydrogen) atoms. The van der Waals surface area contributed by atoms with Crippen LogP contribution in [0.15, 0.2) is 34.9 Å². The van der Waals surface area contributed by atoms with Crippen molar-refractivity contribution in [3.05, 3.63) is 47.7 Å². The highest BCUT2D eigenvalue weighted by Gasteiger charge is 2.50. The molecule has 1 aliphatic rings. The summed E-state index contributed by atoms with van der Waals surface area (Å²) < 4.78 is 5.24. The van der Waals surface area contributed by atoms with Gasteiger partial charge >= 0.3 is 6.03 Å². The van der Waals surface area contributed by atoms with E-state index in [2.05, 4.69) is 25.8 Å². The van der Waals surface area contributed by atoms with Gasteiger partial charge in [-0.3, -0.25) is 4.98 Å². The summed E-state index contributed by atoms with van der Waals surface area (Å²) in [5.41, 5.74) is 2.01. The van der Waals surface area contributed by atoms with Crippen molar-refractivity contribution >= 4 is 22.6 Å². The molecule has 2 aromatic heterocycles. The van der Waals surface area contributed by atoms with Gasteiger partial charge in [0.05, 0.1) is 11.2 Å². The number of aryl methyl sites for hydroxylation is 2. The molecule has 0 saturated heterocycles. The molecule has 7 nitrogen and oxygen atoms in total. The minimum absolute atomic E-state index is 0.285. The lowest BCUT2D eigenvalue weighted by Gasteiger charge is -2.15. The van der Waals surface area contributed by atoms with Gasteiger partial charge in [-0.05, 0) is 38.3 Å². The van der Waals surface area contributed by atoms with Crippen molar-refractivity contribution in [2.24, 2.45) is 0 Å². The van der Waals surface area contributed by atoms with E-state index in [0.717, 1.165) is 41.5 Å². The molecule has 1 aromatic carbocycles. The first-order chi connectivity index (χ1) is 12.1. The van der Waals surface area contributed by atoms with Gasteiger partial charge in [0.15, 0.2) is 5.82 Å². The van der Waals surface area contributed by atoms with Crippen molar-refractivity contribution < 1.29 is 9.32 Å².